The summed E-state index contributed by atoms with van der Waals surface area (Å²) in [6.07, 6.45) is 19.8. The second kappa shape index (κ2) is 29.1. The number of aliphatic hydroxyl groups is 2. The number of phosphoric acid groups is 1. The normalized spacial score (nSPS) is 27.6. The number of pyridine rings is 1. The number of ether oxygens (including phenoxy) is 4. The van der Waals surface area contributed by atoms with Gasteiger partial charge in [0.25, 0.3) is 5.91 Å². The van der Waals surface area contributed by atoms with E-state index >= 15 is 4.79 Å². The number of allylic oxidation sites excluding steroid dienone is 4. The third kappa shape index (κ3) is 15.4. The minimum absolute atomic E-state index is 0.0162. The number of rotatable bonds is 30. The molecule has 3 aromatic rings. The number of hydrogen-bond donors (Lipinski definition) is 8. The Morgan fingerprint density at radius 2 is 1.71 bits per heavy atom. The molecule has 5 unspecified atom stereocenters. The molecule has 468 valence electrons. The van der Waals surface area contributed by atoms with Crippen molar-refractivity contribution in [1.82, 2.24) is 10.6 Å². The number of carbonyl (C=O) groups is 4. The molecule has 21 heteroatoms. The Morgan fingerprint density at radius 3 is 2.48 bits per heavy atom. The van der Waals surface area contributed by atoms with E-state index in [9.17, 15) is 38.9 Å². The van der Waals surface area contributed by atoms with Gasteiger partial charge in [0, 0.05) is 55.0 Å². The summed E-state index contributed by atoms with van der Waals surface area (Å²) in [5.41, 5.74) is 11.5. The van der Waals surface area contributed by atoms with Gasteiger partial charge in [0.2, 0.25) is 5.78 Å². The molecule has 86 heavy (non-hydrogen) atoms. The zero-order valence-electron chi connectivity index (χ0n) is 49.9. The highest BCUT2D eigenvalue weighted by molar-refractivity contribution is 7.46. The first-order valence-corrected chi connectivity index (χ1v) is 32.7. The van der Waals surface area contributed by atoms with E-state index in [0.717, 1.165) is 102 Å². The average molecular weight is 1210 g/mol. The van der Waals surface area contributed by atoms with Gasteiger partial charge in [-0.05, 0) is 143 Å². The highest BCUT2D eigenvalue weighted by Crippen LogP contribution is 2.70. The molecular formula is C65H90N6O14P+. The fourth-order valence-corrected chi connectivity index (χ4v) is 15.5. The molecule has 1 aromatic heterocycles. The maximum absolute atomic E-state index is 15.3. The summed E-state index contributed by atoms with van der Waals surface area (Å²) in [6, 6.07) is 16.9. The molecule has 1 saturated heterocycles. The number of fused-ring (bicyclic) bond motifs is 7. The number of Topliss-reactive ketones (excluding diaryl/α,β-unsaturated/α-hetero) is 1. The molecule has 4 saturated carbocycles. The van der Waals surface area contributed by atoms with Crippen molar-refractivity contribution in [3.63, 3.8) is 0 Å². The number of aliphatic hydroxyl groups excluding tert-OH is 2. The van der Waals surface area contributed by atoms with Gasteiger partial charge in [-0.15, -0.1) is 0 Å². The van der Waals surface area contributed by atoms with Crippen molar-refractivity contribution in [2.24, 2.45) is 51.0 Å². The van der Waals surface area contributed by atoms with Crippen LogP contribution in [0.5, 0.6) is 5.75 Å². The number of phosphoric ester groups is 1. The van der Waals surface area contributed by atoms with Crippen LogP contribution in [0.1, 0.15) is 156 Å². The van der Waals surface area contributed by atoms with Crippen LogP contribution < -0.4 is 31.2 Å². The number of aromatic nitrogens is 1. The Hall–Kier alpha value is -5.67. The number of aliphatic imine (C=N–C) groups is 1. The Balaban J connectivity index is 0.828. The van der Waals surface area contributed by atoms with Gasteiger partial charge in [-0.3, -0.25) is 29.2 Å². The van der Waals surface area contributed by atoms with Crippen LogP contribution in [-0.2, 0) is 50.9 Å². The summed E-state index contributed by atoms with van der Waals surface area (Å²) in [5.74, 6) is -2.56. The van der Waals surface area contributed by atoms with Gasteiger partial charge in [-0.2, -0.15) is 4.57 Å². The monoisotopic (exact) mass is 1210 g/mol. The second-order valence-corrected chi connectivity index (χ2v) is 26.3. The first kappa shape index (κ1) is 64.8. The van der Waals surface area contributed by atoms with E-state index in [1.165, 1.54) is 23.9 Å². The SMILES string of the molecule is C[C@]12C=CC(=O)C=C1CCC1C2C(O)C[C@@]2(C)C1C[C@H]1O[C@@H](C3CCCCC3)O[C@]12C(=O)COC(=O)[C@H](CCCN=C(N)N)NC(=O)c1ccc[n+](Cc2cc(C(O)CNCCCCCCOCCCCc3ccccc3)ccc2OP(=O)(O)O)c1. The van der Waals surface area contributed by atoms with E-state index in [2.05, 4.69) is 46.8 Å². The first-order chi connectivity index (χ1) is 41.3. The van der Waals surface area contributed by atoms with Crippen LogP contribution in [0.3, 0.4) is 0 Å². The number of carbonyl (C=O) groups excluding carboxylic acids is 4. The van der Waals surface area contributed by atoms with E-state index in [1.807, 2.05) is 19.1 Å². The molecule has 2 heterocycles. The van der Waals surface area contributed by atoms with E-state index in [1.54, 1.807) is 41.1 Å². The molecule has 1 amide bonds. The van der Waals surface area contributed by atoms with Gasteiger partial charge in [-0.25, -0.2) is 9.36 Å². The van der Waals surface area contributed by atoms with Gasteiger partial charge in [-0.1, -0.05) is 94.0 Å². The summed E-state index contributed by atoms with van der Waals surface area (Å²) in [6.45, 7) is 5.94. The summed E-state index contributed by atoms with van der Waals surface area (Å²) in [4.78, 5) is 80.2. The molecule has 0 radical (unpaired) electrons. The van der Waals surface area contributed by atoms with Crippen LogP contribution in [0.25, 0.3) is 0 Å². The first-order valence-electron chi connectivity index (χ1n) is 31.2. The minimum Gasteiger partial charge on any atom is -0.456 e. The van der Waals surface area contributed by atoms with Crippen molar-refractivity contribution in [2.45, 2.75) is 172 Å². The number of benzene rings is 2. The van der Waals surface area contributed by atoms with E-state index in [4.69, 9.17) is 34.9 Å². The molecule has 0 spiro atoms. The maximum atomic E-state index is 15.3. The zero-order valence-corrected chi connectivity index (χ0v) is 50.8. The molecule has 6 aliphatic rings. The smallest absolute Gasteiger partial charge is 0.456 e. The van der Waals surface area contributed by atoms with Crippen molar-refractivity contribution < 1.29 is 71.8 Å². The fourth-order valence-electron chi connectivity index (χ4n) is 15.1. The number of guanidine groups is 1. The minimum atomic E-state index is -5.02. The molecule has 20 nitrogen and oxygen atoms in total. The number of unbranched alkanes of at least 4 members (excludes halogenated alkanes) is 4. The van der Waals surface area contributed by atoms with Crippen LogP contribution >= 0.6 is 7.82 Å². The standard InChI is InChI=1S/C65H89N6O14P/c1-63-29-28-49(72)36-48(63)25-26-50-51-37-57-65(64(51,2)38-53(73)58(50)63,84-61(83-57)44-20-9-6-10-21-44)56(75)42-82-60(77)52(23-15-31-69-62(66)67)70-59(76)46-22-16-32-71(40-46)41-47-35-45(24-27-55(47)85-86(78,79)80)54(74)39-68-30-12-3-4-13-33-81-34-14-11-19-43-17-7-5-8-18-43/h5,7-8,16-18,22,24,27-29,32,35-36,40,44,50-54,57-58,61,68,73-74H,3-4,6,9-15,19-21,23,25-26,30-31,33-34,37-39,41-42H2,1-2H3,(H6-,66,67,69,70,76,78,79,80)/p+1/t50?,51?,52-,53?,54?,57+,58?,61+,63-,64-,65+/m0/s1. The molecule has 0 bridgehead atoms. The van der Waals surface area contributed by atoms with Crippen molar-refractivity contribution in [3.8, 4) is 5.75 Å². The fraction of sp³-hybridized carbons (Fsp3) is 0.600. The number of nitrogens with zero attached hydrogens (tertiary/aromatic N) is 2. The van der Waals surface area contributed by atoms with Crippen molar-refractivity contribution in [1.29, 1.82) is 0 Å². The summed E-state index contributed by atoms with van der Waals surface area (Å²) >= 11 is 0. The Morgan fingerprint density at radius 1 is 0.942 bits per heavy atom. The molecule has 5 fully saturated rings. The molecule has 9 rings (SSSR count). The van der Waals surface area contributed by atoms with Gasteiger partial charge in [0.05, 0.1) is 23.9 Å². The number of aryl methyl sites for hydroxylation is 1. The summed E-state index contributed by atoms with van der Waals surface area (Å²) in [5, 5.41) is 29.7. The van der Waals surface area contributed by atoms with Gasteiger partial charge >= 0.3 is 13.8 Å². The van der Waals surface area contributed by atoms with E-state index in [0.29, 0.717) is 30.5 Å². The third-order valence-electron chi connectivity index (χ3n) is 19.3. The van der Waals surface area contributed by atoms with Crippen LogP contribution in [0, 0.1) is 34.5 Å². The molecule has 2 aromatic carbocycles. The Bertz CT molecular complexity index is 2980. The Labute approximate surface area is 505 Å². The highest BCUT2D eigenvalue weighted by atomic mass is 31.2. The van der Waals surface area contributed by atoms with E-state index < -0.39 is 79.2 Å². The number of esters is 1. The summed E-state index contributed by atoms with van der Waals surface area (Å²) < 4.78 is 44.5. The number of amides is 1. The third-order valence-corrected chi connectivity index (χ3v) is 19.8. The lowest BCUT2D eigenvalue weighted by atomic mass is 9.46. The predicted octanol–water partition coefficient (Wildman–Crippen LogP) is 6.93. The maximum Gasteiger partial charge on any atom is 0.524 e. The van der Waals surface area contributed by atoms with Crippen LogP contribution in [0.4, 0.5) is 0 Å². The molecule has 1 aliphatic heterocycles. The lowest BCUT2D eigenvalue weighted by Crippen LogP contribution is -2.64. The summed E-state index contributed by atoms with van der Waals surface area (Å²) in [7, 11) is -5.02. The topological polar surface area (TPSA) is 305 Å². The lowest BCUT2D eigenvalue weighted by molar-refractivity contribution is -0.688. The van der Waals surface area contributed by atoms with Crippen LogP contribution in [0.2, 0.25) is 0 Å². The van der Waals surface area contributed by atoms with E-state index in [-0.39, 0.29) is 85.6 Å². The number of ketones is 2. The molecular weight excluding hydrogens is 1120 g/mol. The second-order valence-electron chi connectivity index (χ2n) is 25.1. The molecule has 5 aliphatic carbocycles. The molecule has 11 atom stereocenters. The van der Waals surface area contributed by atoms with Gasteiger partial charge in [0.1, 0.15) is 17.4 Å². The lowest BCUT2D eigenvalue weighted by Gasteiger charge is -2.59. The largest absolute Gasteiger partial charge is 0.524 e. The predicted molar refractivity (Wildman–Crippen MR) is 321 cm³/mol. The van der Waals surface area contributed by atoms with Crippen LogP contribution in [0.15, 0.2) is 102 Å². The quantitative estimate of drug-likeness (QED) is 0.00838. The van der Waals surface area contributed by atoms with Crippen LogP contribution in [-0.4, -0.2) is 119 Å². The van der Waals surface area contributed by atoms with Gasteiger partial charge < -0.3 is 55.8 Å². The molecule has 10 N–H and O–H groups in total. The number of nitrogens with two attached hydrogens (primary N) is 2. The number of hydrogen-bond acceptors (Lipinski definition) is 14. The van der Waals surface area contributed by atoms with Gasteiger partial charge in [0.15, 0.2) is 49.2 Å². The zero-order chi connectivity index (χ0) is 61.1. The van der Waals surface area contributed by atoms with Crippen molar-refractivity contribution in [3.05, 3.63) is 119 Å². The Kier molecular flexibility index (Phi) is 21.9. The highest BCUT2D eigenvalue weighted by Gasteiger charge is 2.76. The number of nitrogens with one attached hydrogen (secondary N) is 2. The average Bonchev–Trinajstić information content (AvgIpc) is 1.48. The van der Waals surface area contributed by atoms with Crippen molar-refractivity contribution in [2.75, 3.05) is 39.5 Å². The van der Waals surface area contributed by atoms with Crippen molar-refractivity contribution >= 4 is 37.2 Å².